The molecule has 0 aliphatic carbocycles. The minimum atomic E-state index is 0.0984. The van der Waals surface area contributed by atoms with Crippen molar-refractivity contribution in [2.75, 3.05) is 33.7 Å². The summed E-state index contributed by atoms with van der Waals surface area (Å²) in [6.07, 6.45) is 2.27. The second kappa shape index (κ2) is 6.09. The maximum absolute atomic E-state index is 11.9. The van der Waals surface area contributed by atoms with Crippen LogP contribution in [0.2, 0.25) is 0 Å². The first kappa shape index (κ1) is 13.3. The van der Waals surface area contributed by atoms with E-state index in [0.717, 1.165) is 38.4 Å². The zero-order chi connectivity index (χ0) is 12.1. The molecule has 0 spiro atoms. The molecule has 0 aromatic heterocycles. The highest BCUT2D eigenvalue weighted by molar-refractivity contribution is 5.74. The van der Waals surface area contributed by atoms with Crippen LogP contribution in [0.15, 0.2) is 0 Å². The molecule has 1 heterocycles. The Labute approximate surface area is 99.0 Å². The van der Waals surface area contributed by atoms with E-state index >= 15 is 0 Å². The van der Waals surface area contributed by atoms with Gasteiger partial charge in [0.25, 0.3) is 0 Å². The van der Waals surface area contributed by atoms with Crippen LogP contribution in [0.1, 0.15) is 26.7 Å². The number of amides is 2. The minimum Gasteiger partial charge on any atom is -0.334 e. The Kier molecular flexibility index (Phi) is 5.06. The van der Waals surface area contributed by atoms with Crippen LogP contribution in [-0.2, 0) is 0 Å². The first-order valence-electron chi connectivity index (χ1n) is 6.19. The number of rotatable bonds is 3. The number of hydrogen-bond donors (Lipinski definition) is 1. The lowest BCUT2D eigenvalue weighted by Gasteiger charge is -2.31. The molecular formula is C12H25N3O. The molecule has 1 aliphatic heterocycles. The number of likely N-dealkylation sites (N-methyl/N-ethyl adjacent to an activating group) is 1. The van der Waals surface area contributed by atoms with Crippen molar-refractivity contribution in [3.63, 3.8) is 0 Å². The number of nitrogens with zero attached hydrogens (tertiary/aromatic N) is 2. The lowest BCUT2D eigenvalue weighted by molar-refractivity contribution is 0.169. The third kappa shape index (κ3) is 4.39. The third-order valence-electron chi connectivity index (χ3n) is 3.08. The highest BCUT2D eigenvalue weighted by Crippen LogP contribution is 2.15. The molecule has 0 aromatic rings. The van der Waals surface area contributed by atoms with Crippen molar-refractivity contribution in [1.82, 2.24) is 15.1 Å². The molecule has 2 amide bonds. The van der Waals surface area contributed by atoms with Crippen molar-refractivity contribution < 1.29 is 4.79 Å². The predicted octanol–water partition coefficient (Wildman–Crippen LogP) is 1.38. The largest absolute Gasteiger partial charge is 0.334 e. The van der Waals surface area contributed by atoms with Crippen LogP contribution in [0.3, 0.4) is 0 Å². The Hall–Kier alpha value is -0.770. The van der Waals surface area contributed by atoms with Crippen molar-refractivity contribution in [3.8, 4) is 0 Å². The number of hydrogen-bond acceptors (Lipinski definition) is 2. The van der Waals surface area contributed by atoms with Gasteiger partial charge in [-0.05, 0) is 39.8 Å². The number of nitrogens with one attached hydrogen (secondary N) is 1. The van der Waals surface area contributed by atoms with E-state index in [4.69, 9.17) is 0 Å². The van der Waals surface area contributed by atoms with Gasteiger partial charge in [0, 0.05) is 25.7 Å². The van der Waals surface area contributed by atoms with Gasteiger partial charge >= 0.3 is 6.03 Å². The molecule has 1 unspecified atom stereocenters. The highest BCUT2D eigenvalue weighted by atomic mass is 16.2. The SMILES string of the molecule is CC1CCN(C(=O)NC(C)CN(C)C)CC1. The Morgan fingerprint density at radius 3 is 2.50 bits per heavy atom. The van der Waals surface area contributed by atoms with E-state index < -0.39 is 0 Å². The predicted molar refractivity (Wildman–Crippen MR) is 66.5 cm³/mol. The van der Waals surface area contributed by atoms with Gasteiger partial charge in [0.05, 0.1) is 0 Å². The molecule has 0 radical (unpaired) electrons. The van der Waals surface area contributed by atoms with Crippen molar-refractivity contribution in [2.24, 2.45) is 5.92 Å². The summed E-state index contributed by atoms with van der Waals surface area (Å²) in [7, 11) is 4.04. The van der Waals surface area contributed by atoms with Gasteiger partial charge < -0.3 is 15.1 Å². The normalized spacial score (nSPS) is 19.9. The first-order valence-corrected chi connectivity index (χ1v) is 6.19. The average molecular weight is 227 g/mol. The van der Waals surface area contributed by atoms with Gasteiger partial charge in [-0.3, -0.25) is 0 Å². The molecule has 4 heteroatoms. The van der Waals surface area contributed by atoms with Crippen molar-refractivity contribution >= 4 is 6.03 Å². The molecule has 16 heavy (non-hydrogen) atoms. The summed E-state index contributed by atoms with van der Waals surface area (Å²) in [5.74, 6) is 0.767. The summed E-state index contributed by atoms with van der Waals surface area (Å²) in [4.78, 5) is 15.9. The quantitative estimate of drug-likeness (QED) is 0.790. The smallest absolute Gasteiger partial charge is 0.317 e. The molecule has 0 saturated carbocycles. The molecule has 1 saturated heterocycles. The third-order valence-corrected chi connectivity index (χ3v) is 3.08. The van der Waals surface area contributed by atoms with Crippen LogP contribution in [0.25, 0.3) is 0 Å². The van der Waals surface area contributed by atoms with E-state index in [-0.39, 0.29) is 12.1 Å². The maximum Gasteiger partial charge on any atom is 0.317 e. The lowest BCUT2D eigenvalue weighted by atomic mass is 10.00. The molecule has 1 atom stereocenters. The van der Waals surface area contributed by atoms with Crippen LogP contribution >= 0.6 is 0 Å². The molecule has 94 valence electrons. The minimum absolute atomic E-state index is 0.0984. The number of piperidine rings is 1. The Balaban J connectivity index is 2.29. The van der Waals surface area contributed by atoms with Crippen LogP contribution in [-0.4, -0.2) is 55.6 Å². The van der Waals surface area contributed by atoms with E-state index in [2.05, 4.69) is 17.1 Å². The Morgan fingerprint density at radius 2 is 2.00 bits per heavy atom. The van der Waals surface area contributed by atoms with E-state index in [9.17, 15) is 4.79 Å². The van der Waals surface area contributed by atoms with Crippen molar-refractivity contribution in [2.45, 2.75) is 32.7 Å². The van der Waals surface area contributed by atoms with Crippen molar-refractivity contribution in [1.29, 1.82) is 0 Å². The lowest BCUT2D eigenvalue weighted by Crippen LogP contribution is -2.49. The van der Waals surface area contributed by atoms with Gasteiger partial charge in [0.1, 0.15) is 0 Å². The second-order valence-corrected chi connectivity index (χ2v) is 5.28. The van der Waals surface area contributed by atoms with Gasteiger partial charge in [-0.2, -0.15) is 0 Å². The van der Waals surface area contributed by atoms with Crippen LogP contribution < -0.4 is 5.32 Å². The van der Waals surface area contributed by atoms with Crippen LogP contribution in [0.5, 0.6) is 0 Å². The van der Waals surface area contributed by atoms with Gasteiger partial charge in [-0.25, -0.2) is 4.79 Å². The van der Waals surface area contributed by atoms with Crippen molar-refractivity contribution in [3.05, 3.63) is 0 Å². The summed E-state index contributed by atoms with van der Waals surface area (Å²) in [5.41, 5.74) is 0. The van der Waals surface area contributed by atoms with E-state index in [1.54, 1.807) is 0 Å². The summed E-state index contributed by atoms with van der Waals surface area (Å²) in [5, 5.41) is 3.04. The summed E-state index contributed by atoms with van der Waals surface area (Å²) < 4.78 is 0. The van der Waals surface area contributed by atoms with E-state index in [1.807, 2.05) is 25.9 Å². The van der Waals surface area contributed by atoms with Gasteiger partial charge in [0.15, 0.2) is 0 Å². The highest BCUT2D eigenvalue weighted by Gasteiger charge is 2.21. The number of carbonyl (C=O) groups excluding carboxylic acids is 1. The van der Waals surface area contributed by atoms with Gasteiger partial charge in [-0.15, -0.1) is 0 Å². The molecule has 1 fully saturated rings. The number of likely N-dealkylation sites (tertiary alicyclic amines) is 1. The maximum atomic E-state index is 11.9. The molecule has 1 N–H and O–H groups in total. The summed E-state index contributed by atoms with van der Waals surface area (Å²) in [6.45, 7) is 6.99. The first-order chi connectivity index (χ1) is 7.49. The molecule has 4 nitrogen and oxygen atoms in total. The van der Waals surface area contributed by atoms with Crippen LogP contribution in [0, 0.1) is 5.92 Å². The Bertz CT molecular complexity index is 222. The topological polar surface area (TPSA) is 35.6 Å². The fraction of sp³-hybridized carbons (Fsp3) is 0.917. The van der Waals surface area contributed by atoms with Crippen LogP contribution in [0.4, 0.5) is 4.79 Å². The molecular weight excluding hydrogens is 202 g/mol. The molecule has 1 aliphatic rings. The summed E-state index contributed by atoms with van der Waals surface area (Å²) in [6, 6.07) is 0.308. The molecule has 1 rings (SSSR count). The monoisotopic (exact) mass is 227 g/mol. The fourth-order valence-electron chi connectivity index (χ4n) is 2.11. The molecule has 0 aromatic carbocycles. The average Bonchev–Trinajstić information content (AvgIpc) is 2.16. The van der Waals surface area contributed by atoms with Gasteiger partial charge in [-0.1, -0.05) is 6.92 Å². The van der Waals surface area contributed by atoms with E-state index in [1.165, 1.54) is 0 Å². The fourth-order valence-corrected chi connectivity index (χ4v) is 2.11. The zero-order valence-electron chi connectivity index (χ0n) is 11.0. The van der Waals surface area contributed by atoms with Gasteiger partial charge in [0.2, 0.25) is 0 Å². The molecule has 0 bridgehead atoms. The number of carbonyl (C=O) groups is 1. The van der Waals surface area contributed by atoms with E-state index in [0.29, 0.717) is 0 Å². The summed E-state index contributed by atoms with van der Waals surface area (Å²) >= 11 is 0. The standard InChI is InChI=1S/C12H25N3O/c1-10-5-7-15(8-6-10)12(16)13-11(2)9-14(3)4/h10-11H,5-9H2,1-4H3,(H,13,16). The number of urea groups is 1. The Morgan fingerprint density at radius 1 is 1.44 bits per heavy atom. The second-order valence-electron chi connectivity index (χ2n) is 5.28. The zero-order valence-corrected chi connectivity index (χ0v) is 11.0.